The monoisotopic (exact) mass is 429 g/mol. The summed E-state index contributed by atoms with van der Waals surface area (Å²) in [5.41, 5.74) is -0.804. The van der Waals surface area contributed by atoms with Crippen LogP contribution in [0.5, 0.6) is 0 Å². The minimum absolute atomic E-state index is 0.235. The highest BCUT2D eigenvalue weighted by Gasteiger charge is 2.31. The van der Waals surface area contributed by atoms with Crippen molar-refractivity contribution in [2.45, 2.75) is 45.2 Å². The molecule has 160 valence electrons. The first kappa shape index (κ1) is 23.2. The van der Waals surface area contributed by atoms with Gasteiger partial charge in [0.05, 0.1) is 11.0 Å². The van der Waals surface area contributed by atoms with E-state index in [2.05, 4.69) is 23.7 Å². The Morgan fingerprint density at radius 1 is 1.17 bits per heavy atom. The highest BCUT2D eigenvalue weighted by Crippen LogP contribution is 2.29. The van der Waals surface area contributed by atoms with Gasteiger partial charge in [-0.05, 0) is 25.0 Å². The van der Waals surface area contributed by atoms with Crippen LogP contribution in [0.25, 0.3) is 0 Å². The number of halogens is 3. The summed E-state index contributed by atoms with van der Waals surface area (Å²) in [5, 5.41) is 1.12. The average molecular weight is 430 g/mol. The predicted octanol–water partition coefficient (Wildman–Crippen LogP) is 4.04. The first-order valence-corrected chi connectivity index (χ1v) is 11.2. The van der Waals surface area contributed by atoms with Crippen molar-refractivity contribution in [2.24, 2.45) is 0 Å². The maximum atomic E-state index is 12.7. The molecular weight excluding hydrogens is 403 g/mol. The van der Waals surface area contributed by atoms with Crippen LogP contribution in [0, 0.1) is 11.8 Å². The molecule has 29 heavy (non-hydrogen) atoms. The van der Waals surface area contributed by atoms with E-state index in [-0.39, 0.29) is 6.54 Å². The number of sulfonamides is 1. The van der Waals surface area contributed by atoms with E-state index in [1.54, 1.807) is 4.90 Å². The zero-order valence-corrected chi connectivity index (χ0v) is 17.3. The van der Waals surface area contributed by atoms with Crippen molar-refractivity contribution in [1.29, 1.82) is 0 Å². The predicted molar refractivity (Wildman–Crippen MR) is 108 cm³/mol. The Hall–Kier alpha value is -2.05. The molecule has 0 amide bonds. The van der Waals surface area contributed by atoms with Gasteiger partial charge in [-0.3, -0.25) is 0 Å². The molecule has 1 saturated heterocycles. The molecule has 0 aromatic carbocycles. The van der Waals surface area contributed by atoms with Gasteiger partial charge in [0, 0.05) is 44.9 Å². The summed E-state index contributed by atoms with van der Waals surface area (Å²) in [4.78, 5) is 5.69. The molecule has 1 aliphatic rings. The van der Waals surface area contributed by atoms with Crippen LogP contribution in [0.2, 0.25) is 0 Å². The van der Waals surface area contributed by atoms with Crippen molar-refractivity contribution in [3.8, 4) is 11.8 Å². The Kier molecular flexibility index (Phi) is 8.53. The molecule has 0 bridgehead atoms. The summed E-state index contributed by atoms with van der Waals surface area (Å²) in [5.74, 6) is 6.10. The van der Waals surface area contributed by atoms with Gasteiger partial charge in [0.15, 0.2) is 0 Å². The third-order valence-electron chi connectivity index (χ3n) is 4.54. The normalized spacial score (nSPS) is 16.5. The third kappa shape index (κ3) is 7.37. The molecule has 0 N–H and O–H groups in total. The fourth-order valence-electron chi connectivity index (χ4n) is 2.92. The van der Waals surface area contributed by atoms with Crippen molar-refractivity contribution in [3.05, 3.63) is 35.4 Å². The lowest BCUT2D eigenvalue weighted by molar-refractivity contribution is -0.137. The van der Waals surface area contributed by atoms with Gasteiger partial charge in [0.25, 0.3) is 0 Å². The summed E-state index contributed by atoms with van der Waals surface area (Å²) >= 11 is 0. The lowest BCUT2D eigenvalue weighted by Crippen LogP contribution is -2.34. The number of nitrogens with zero attached hydrogens (tertiary/aromatic N) is 3. The fourth-order valence-corrected chi connectivity index (χ4v) is 4.05. The van der Waals surface area contributed by atoms with E-state index in [0.717, 1.165) is 43.4 Å². The molecule has 0 aliphatic carbocycles. The number of allylic oxidation sites excluding steroid dienone is 1. The van der Waals surface area contributed by atoms with Crippen molar-refractivity contribution in [3.63, 3.8) is 0 Å². The van der Waals surface area contributed by atoms with E-state index in [0.29, 0.717) is 31.9 Å². The summed E-state index contributed by atoms with van der Waals surface area (Å²) in [7, 11) is -3.58. The van der Waals surface area contributed by atoms with Gasteiger partial charge in [-0.1, -0.05) is 31.6 Å². The van der Waals surface area contributed by atoms with Gasteiger partial charge >= 0.3 is 6.18 Å². The summed E-state index contributed by atoms with van der Waals surface area (Å²) in [6.45, 7) is 3.56. The van der Waals surface area contributed by atoms with Gasteiger partial charge in [-0.25, -0.2) is 13.4 Å². The van der Waals surface area contributed by atoms with E-state index < -0.39 is 21.8 Å². The topological polar surface area (TPSA) is 53.5 Å². The quantitative estimate of drug-likeness (QED) is 0.506. The lowest BCUT2D eigenvalue weighted by atomic mass is 10.2. The van der Waals surface area contributed by atoms with Crippen LogP contribution in [-0.2, 0) is 16.2 Å². The SMILES string of the molecule is CCCCCC#CC=CS(=O)(=O)N1CCCN(c2ccc(C(F)(F)F)cn2)CC1. The molecule has 1 aromatic heterocycles. The maximum Gasteiger partial charge on any atom is 0.417 e. The lowest BCUT2D eigenvalue weighted by Gasteiger charge is -2.22. The van der Waals surface area contributed by atoms with Crippen molar-refractivity contribution in [2.75, 3.05) is 31.1 Å². The van der Waals surface area contributed by atoms with Crippen LogP contribution in [0.1, 0.15) is 44.6 Å². The number of pyridine rings is 1. The van der Waals surface area contributed by atoms with Crippen molar-refractivity contribution < 1.29 is 21.6 Å². The van der Waals surface area contributed by atoms with Crippen LogP contribution in [0.3, 0.4) is 0 Å². The second-order valence-corrected chi connectivity index (χ2v) is 8.59. The van der Waals surface area contributed by atoms with E-state index in [4.69, 9.17) is 0 Å². The molecule has 9 heteroatoms. The molecule has 0 unspecified atom stereocenters. The molecule has 1 aliphatic heterocycles. The van der Waals surface area contributed by atoms with Crippen LogP contribution in [0.15, 0.2) is 29.8 Å². The first-order valence-electron chi connectivity index (χ1n) is 9.67. The van der Waals surface area contributed by atoms with Crippen LogP contribution in [0.4, 0.5) is 19.0 Å². The van der Waals surface area contributed by atoms with Gasteiger partial charge < -0.3 is 4.90 Å². The molecule has 0 spiro atoms. The number of aromatic nitrogens is 1. The Labute approximate surface area is 170 Å². The molecule has 0 radical (unpaired) electrons. The Morgan fingerprint density at radius 2 is 1.97 bits per heavy atom. The minimum Gasteiger partial charge on any atom is -0.355 e. The number of rotatable bonds is 6. The fraction of sp³-hybridized carbons (Fsp3) is 0.550. The second-order valence-electron chi connectivity index (χ2n) is 6.77. The number of alkyl halides is 3. The Morgan fingerprint density at radius 3 is 2.62 bits per heavy atom. The largest absolute Gasteiger partial charge is 0.417 e. The molecule has 2 rings (SSSR count). The van der Waals surface area contributed by atoms with E-state index in [9.17, 15) is 21.6 Å². The summed E-state index contributed by atoms with van der Waals surface area (Å²) in [6.07, 6.45) is 2.26. The smallest absolute Gasteiger partial charge is 0.355 e. The van der Waals surface area contributed by atoms with E-state index in [1.807, 2.05) is 0 Å². The maximum absolute atomic E-state index is 12.7. The van der Waals surface area contributed by atoms with Gasteiger partial charge in [0.2, 0.25) is 10.0 Å². The molecule has 1 fully saturated rings. The van der Waals surface area contributed by atoms with E-state index in [1.165, 1.54) is 16.4 Å². The van der Waals surface area contributed by atoms with Crippen LogP contribution in [-0.4, -0.2) is 43.9 Å². The zero-order chi connectivity index (χ0) is 21.3. The molecule has 1 aromatic rings. The van der Waals surface area contributed by atoms with Crippen molar-refractivity contribution in [1.82, 2.24) is 9.29 Å². The van der Waals surface area contributed by atoms with Crippen LogP contribution >= 0.6 is 0 Å². The molecule has 2 heterocycles. The molecular formula is C20H26F3N3O2S. The van der Waals surface area contributed by atoms with Crippen LogP contribution < -0.4 is 4.90 Å². The Bertz CT molecular complexity index is 840. The number of hydrogen-bond donors (Lipinski definition) is 0. The Balaban J connectivity index is 1.94. The number of hydrogen-bond acceptors (Lipinski definition) is 4. The number of anilines is 1. The van der Waals surface area contributed by atoms with Gasteiger partial charge in [-0.2, -0.15) is 17.5 Å². The summed E-state index contributed by atoms with van der Waals surface area (Å²) in [6, 6.07) is 2.31. The first-order chi connectivity index (χ1) is 13.7. The summed E-state index contributed by atoms with van der Waals surface area (Å²) < 4.78 is 64.3. The zero-order valence-electron chi connectivity index (χ0n) is 16.5. The molecule has 5 nitrogen and oxygen atoms in total. The minimum atomic E-state index is -4.43. The third-order valence-corrected chi connectivity index (χ3v) is 6.11. The van der Waals surface area contributed by atoms with Crippen molar-refractivity contribution >= 4 is 15.8 Å². The average Bonchev–Trinajstić information content (AvgIpc) is 2.93. The highest BCUT2D eigenvalue weighted by atomic mass is 32.2. The molecule has 0 atom stereocenters. The number of unbranched alkanes of at least 4 members (excludes halogenated alkanes) is 3. The highest BCUT2D eigenvalue weighted by molar-refractivity contribution is 7.92. The van der Waals surface area contributed by atoms with E-state index >= 15 is 0 Å². The molecule has 0 saturated carbocycles. The van der Waals surface area contributed by atoms with Gasteiger partial charge in [0.1, 0.15) is 5.82 Å². The van der Waals surface area contributed by atoms with Gasteiger partial charge in [-0.15, -0.1) is 0 Å². The standard InChI is InChI=1S/C20H26F3N3O2S/c1-2-3-4-5-6-7-8-16-29(27,28)26-13-9-12-25(14-15-26)19-11-10-18(17-24-19)20(21,22)23/h8,10-11,16-17H,2-5,9,12-15H2,1H3. The second kappa shape index (κ2) is 10.6.